The summed E-state index contributed by atoms with van der Waals surface area (Å²) in [4.78, 5) is 10.8. The lowest BCUT2D eigenvalue weighted by molar-refractivity contribution is 0.931. The summed E-state index contributed by atoms with van der Waals surface area (Å²) in [5.41, 5.74) is 7.76. The van der Waals surface area contributed by atoms with E-state index in [1.54, 1.807) is 6.33 Å². The van der Waals surface area contributed by atoms with Gasteiger partial charge in [-0.3, -0.25) is 0 Å². The minimum Gasteiger partial charge on any atom is -0.393 e. The van der Waals surface area contributed by atoms with Gasteiger partial charge in [-0.15, -0.1) is 0 Å². The highest BCUT2D eigenvalue weighted by molar-refractivity contribution is 9.10. The number of rotatable bonds is 3. The van der Waals surface area contributed by atoms with Gasteiger partial charge in [-0.05, 0) is 37.1 Å². The van der Waals surface area contributed by atoms with Crippen molar-refractivity contribution in [3.05, 3.63) is 35.1 Å². The molecule has 0 radical (unpaired) electrons. The zero-order chi connectivity index (χ0) is 13.9. The molecule has 3 rings (SSSR count). The molecular formula is C14H16BrN5. The van der Waals surface area contributed by atoms with Crippen LogP contribution in [0.1, 0.15) is 12.8 Å². The van der Waals surface area contributed by atoms with Crippen LogP contribution < -0.4 is 16.0 Å². The fourth-order valence-corrected chi connectivity index (χ4v) is 2.60. The van der Waals surface area contributed by atoms with Crippen molar-refractivity contribution in [1.82, 2.24) is 9.97 Å². The third kappa shape index (κ3) is 2.70. The van der Waals surface area contributed by atoms with Crippen molar-refractivity contribution in [2.45, 2.75) is 12.8 Å². The molecule has 104 valence electrons. The maximum absolute atomic E-state index is 6.20. The third-order valence-corrected chi connectivity index (χ3v) is 3.90. The number of hydrogen-bond donors (Lipinski definition) is 2. The third-order valence-electron chi connectivity index (χ3n) is 3.38. The summed E-state index contributed by atoms with van der Waals surface area (Å²) in [5, 5.41) is 3.24. The number of nitrogens with two attached hydrogens (primary N) is 1. The van der Waals surface area contributed by atoms with E-state index in [0.717, 1.165) is 29.1 Å². The summed E-state index contributed by atoms with van der Waals surface area (Å²) < 4.78 is 1.04. The fourth-order valence-electron chi connectivity index (χ4n) is 2.34. The monoisotopic (exact) mass is 333 g/mol. The Morgan fingerprint density at radius 3 is 2.50 bits per heavy atom. The summed E-state index contributed by atoms with van der Waals surface area (Å²) in [5.74, 6) is 1.49. The van der Waals surface area contributed by atoms with E-state index >= 15 is 0 Å². The normalized spacial score (nSPS) is 14.6. The van der Waals surface area contributed by atoms with E-state index in [1.807, 2.05) is 24.3 Å². The molecule has 2 aromatic rings. The molecule has 0 bridgehead atoms. The number of nitrogen functional groups attached to an aromatic ring is 1. The maximum Gasteiger partial charge on any atom is 0.159 e. The molecule has 1 fully saturated rings. The Kier molecular flexibility index (Phi) is 3.73. The molecule has 1 aromatic heterocycles. The predicted octanol–water partition coefficient (Wildman–Crippen LogP) is 3.17. The van der Waals surface area contributed by atoms with Gasteiger partial charge in [0, 0.05) is 23.2 Å². The largest absolute Gasteiger partial charge is 0.393 e. The summed E-state index contributed by atoms with van der Waals surface area (Å²) in [7, 11) is 0. The first kappa shape index (κ1) is 13.2. The minimum atomic E-state index is 0.609. The Balaban J connectivity index is 1.86. The quantitative estimate of drug-likeness (QED) is 0.902. The standard InChI is InChI=1S/C14H16BrN5/c15-10-3-5-11(6-4-10)19-13-12(16)14(18-9-17-13)20-7-1-2-8-20/h3-6,9H,1-2,7-8,16H2,(H,17,18,19). The Morgan fingerprint density at radius 1 is 1.10 bits per heavy atom. The van der Waals surface area contributed by atoms with Crippen molar-refractivity contribution in [3.63, 3.8) is 0 Å². The molecule has 1 saturated heterocycles. The van der Waals surface area contributed by atoms with Crippen LogP contribution in [0.15, 0.2) is 35.1 Å². The molecule has 20 heavy (non-hydrogen) atoms. The van der Waals surface area contributed by atoms with Crippen LogP contribution in [0.5, 0.6) is 0 Å². The van der Waals surface area contributed by atoms with Crippen molar-refractivity contribution in [1.29, 1.82) is 0 Å². The van der Waals surface area contributed by atoms with Gasteiger partial charge >= 0.3 is 0 Å². The first-order valence-electron chi connectivity index (χ1n) is 6.62. The van der Waals surface area contributed by atoms with Gasteiger partial charge in [-0.25, -0.2) is 9.97 Å². The molecule has 1 aliphatic rings. The van der Waals surface area contributed by atoms with E-state index in [-0.39, 0.29) is 0 Å². The molecule has 0 aliphatic carbocycles. The van der Waals surface area contributed by atoms with Crippen LogP contribution >= 0.6 is 15.9 Å². The van der Waals surface area contributed by atoms with Gasteiger partial charge in [0.05, 0.1) is 0 Å². The van der Waals surface area contributed by atoms with E-state index in [4.69, 9.17) is 5.73 Å². The number of nitrogens with one attached hydrogen (secondary N) is 1. The highest BCUT2D eigenvalue weighted by Gasteiger charge is 2.18. The van der Waals surface area contributed by atoms with Crippen molar-refractivity contribution < 1.29 is 0 Å². The number of hydrogen-bond acceptors (Lipinski definition) is 5. The molecule has 6 heteroatoms. The molecule has 0 unspecified atom stereocenters. The van der Waals surface area contributed by atoms with Gasteiger partial charge in [0.1, 0.15) is 12.0 Å². The van der Waals surface area contributed by atoms with E-state index in [0.29, 0.717) is 11.5 Å². The van der Waals surface area contributed by atoms with Gasteiger partial charge in [0.25, 0.3) is 0 Å². The Labute approximate surface area is 126 Å². The summed E-state index contributed by atoms with van der Waals surface area (Å²) in [6.45, 7) is 2.03. The average Bonchev–Trinajstić information content (AvgIpc) is 2.97. The molecule has 0 saturated carbocycles. The van der Waals surface area contributed by atoms with Gasteiger partial charge in [-0.1, -0.05) is 15.9 Å². The first-order valence-corrected chi connectivity index (χ1v) is 7.41. The highest BCUT2D eigenvalue weighted by atomic mass is 79.9. The summed E-state index contributed by atoms with van der Waals surface area (Å²) >= 11 is 3.42. The van der Waals surface area contributed by atoms with Gasteiger partial charge < -0.3 is 16.0 Å². The van der Waals surface area contributed by atoms with E-state index in [2.05, 4.69) is 36.1 Å². The minimum absolute atomic E-state index is 0.609. The van der Waals surface area contributed by atoms with E-state index < -0.39 is 0 Å². The van der Waals surface area contributed by atoms with E-state index in [1.165, 1.54) is 12.8 Å². The first-order chi connectivity index (χ1) is 9.74. The molecular weight excluding hydrogens is 318 g/mol. The van der Waals surface area contributed by atoms with Crippen LogP contribution in [0, 0.1) is 0 Å². The molecule has 1 aliphatic heterocycles. The number of halogens is 1. The van der Waals surface area contributed by atoms with Crippen LogP contribution in [-0.4, -0.2) is 23.1 Å². The van der Waals surface area contributed by atoms with Gasteiger partial charge in [-0.2, -0.15) is 0 Å². The molecule has 0 amide bonds. The maximum atomic E-state index is 6.20. The topological polar surface area (TPSA) is 67.1 Å². The van der Waals surface area contributed by atoms with Crippen LogP contribution in [0.3, 0.4) is 0 Å². The summed E-state index contributed by atoms with van der Waals surface area (Å²) in [6.07, 6.45) is 3.95. The molecule has 0 spiro atoms. The lowest BCUT2D eigenvalue weighted by Crippen LogP contribution is -2.21. The van der Waals surface area contributed by atoms with Crippen LogP contribution in [0.4, 0.5) is 23.0 Å². The zero-order valence-electron chi connectivity index (χ0n) is 11.0. The number of aromatic nitrogens is 2. The van der Waals surface area contributed by atoms with Crippen molar-refractivity contribution in [2.75, 3.05) is 29.0 Å². The van der Waals surface area contributed by atoms with Crippen molar-refractivity contribution in [3.8, 4) is 0 Å². The molecule has 5 nitrogen and oxygen atoms in total. The lowest BCUT2D eigenvalue weighted by Gasteiger charge is -2.19. The zero-order valence-corrected chi connectivity index (χ0v) is 12.6. The second-order valence-corrected chi connectivity index (χ2v) is 5.70. The lowest BCUT2D eigenvalue weighted by atomic mass is 10.3. The molecule has 3 N–H and O–H groups in total. The van der Waals surface area contributed by atoms with Gasteiger partial charge in [0.2, 0.25) is 0 Å². The Bertz CT molecular complexity index is 593. The second kappa shape index (κ2) is 5.66. The highest BCUT2D eigenvalue weighted by Crippen LogP contribution is 2.30. The van der Waals surface area contributed by atoms with Crippen LogP contribution in [0.25, 0.3) is 0 Å². The predicted molar refractivity (Wildman–Crippen MR) is 85.3 cm³/mol. The number of anilines is 4. The van der Waals surface area contributed by atoms with Crippen LogP contribution in [0.2, 0.25) is 0 Å². The number of benzene rings is 1. The smallest absolute Gasteiger partial charge is 0.159 e. The Hall–Kier alpha value is -1.82. The average molecular weight is 334 g/mol. The van der Waals surface area contributed by atoms with Crippen LogP contribution in [-0.2, 0) is 0 Å². The second-order valence-electron chi connectivity index (χ2n) is 4.79. The van der Waals surface area contributed by atoms with E-state index in [9.17, 15) is 0 Å². The van der Waals surface area contributed by atoms with Gasteiger partial charge in [0.15, 0.2) is 11.6 Å². The molecule has 1 aromatic carbocycles. The van der Waals surface area contributed by atoms with Crippen molar-refractivity contribution >= 4 is 38.9 Å². The SMILES string of the molecule is Nc1c(Nc2ccc(Br)cc2)ncnc1N1CCCC1. The Morgan fingerprint density at radius 2 is 1.80 bits per heavy atom. The van der Waals surface area contributed by atoms with Crippen molar-refractivity contribution in [2.24, 2.45) is 0 Å². The number of nitrogens with zero attached hydrogens (tertiary/aromatic N) is 3. The molecule has 2 heterocycles. The molecule has 0 atom stereocenters. The fraction of sp³-hybridized carbons (Fsp3) is 0.286. The summed E-state index contributed by atoms with van der Waals surface area (Å²) in [6, 6.07) is 7.89.